The standard InChI is InChI=1S/C11H20N2S/c1-5-10(6-2)12-7-11-8(3)13-9(4)14-11/h10,12H,5-7H2,1-4H3. The van der Waals surface area contributed by atoms with Gasteiger partial charge >= 0.3 is 0 Å². The van der Waals surface area contributed by atoms with E-state index in [0.29, 0.717) is 6.04 Å². The Kier molecular flexibility index (Phi) is 4.55. The molecule has 0 saturated carbocycles. The number of nitrogens with zero attached hydrogens (tertiary/aromatic N) is 1. The van der Waals surface area contributed by atoms with E-state index in [9.17, 15) is 0 Å². The Morgan fingerprint density at radius 1 is 1.29 bits per heavy atom. The molecule has 0 saturated heterocycles. The molecule has 0 bridgehead atoms. The summed E-state index contributed by atoms with van der Waals surface area (Å²) in [5.41, 5.74) is 1.19. The van der Waals surface area contributed by atoms with Crippen LogP contribution in [0.1, 0.15) is 42.3 Å². The summed E-state index contributed by atoms with van der Waals surface area (Å²) in [6.45, 7) is 9.59. The van der Waals surface area contributed by atoms with Crippen LogP contribution in [0.5, 0.6) is 0 Å². The lowest BCUT2D eigenvalue weighted by molar-refractivity contribution is 0.485. The van der Waals surface area contributed by atoms with Crippen LogP contribution in [0.15, 0.2) is 0 Å². The minimum atomic E-state index is 0.650. The summed E-state index contributed by atoms with van der Waals surface area (Å²) in [5.74, 6) is 0. The lowest BCUT2D eigenvalue weighted by Gasteiger charge is -2.13. The van der Waals surface area contributed by atoms with E-state index in [4.69, 9.17) is 0 Å². The minimum Gasteiger partial charge on any atom is -0.309 e. The summed E-state index contributed by atoms with van der Waals surface area (Å²) >= 11 is 1.80. The highest BCUT2D eigenvalue weighted by molar-refractivity contribution is 7.11. The molecule has 0 aliphatic carbocycles. The van der Waals surface area contributed by atoms with Crippen LogP contribution < -0.4 is 5.32 Å². The molecular formula is C11H20N2S. The van der Waals surface area contributed by atoms with Gasteiger partial charge in [0.1, 0.15) is 0 Å². The van der Waals surface area contributed by atoms with Gasteiger partial charge in [0.25, 0.3) is 0 Å². The van der Waals surface area contributed by atoms with Gasteiger partial charge < -0.3 is 5.32 Å². The number of hydrogen-bond donors (Lipinski definition) is 1. The third-order valence-electron chi connectivity index (χ3n) is 2.54. The van der Waals surface area contributed by atoms with Crippen molar-refractivity contribution in [3.63, 3.8) is 0 Å². The van der Waals surface area contributed by atoms with Crippen molar-refractivity contribution in [3.05, 3.63) is 15.6 Å². The molecule has 1 N–H and O–H groups in total. The fourth-order valence-electron chi connectivity index (χ4n) is 1.55. The van der Waals surface area contributed by atoms with Gasteiger partial charge in [-0.05, 0) is 26.7 Å². The van der Waals surface area contributed by atoms with Crippen LogP contribution in [-0.4, -0.2) is 11.0 Å². The van der Waals surface area contributed by atoms with E-state index in [2.05, 4.69) is 38.0 Å². The Labute approximate surface area is 90.8 Å². The lowest BCUT2D eigenvalue weighted by Crippen LogP contribution is -2.26. The summed E-state index contributed by atoms with van der Waals surface area (Å²) in [5, 5.41) is 4.73. The van der Waals surface area contributed by atoms with Gasteiger partial charge in [-0.25, -0.2) is 4.98 Å². The van der Waals surface area contributed by atoms with Gasteiger partial charge in [0.15, 0.2) is 0 Å². The van der Waals surface area contributed by atoms with Gasteiger partial charge in [0, 0.05) is 17.5 Å². The quantitative estimate of drug-likeness (QED) is 0.811. The molecule has 14 heavy (non-hydrogen) atoms. The van der Waals surface area contributed by atoms with Crippen molar-refractivity contribution < 1.29 is 0 Å². The van der Waals surface area contributed by atoms with E-state index in [0.717, 1.165) is 6.54 Å². The average Bonchev–Trinajstić information content (AvgIpc) is 2.47. The minimum absolute atomic E-state index is 0.650. The summed E-state index contributed by atoms with van der Waals surface area (Å²) in [6.07, 6.45) is 2.40. The first-order valence-corrected chi connectivity index (χ1v) is 6.15. The zero-order valence-electron chi connectivity index (χ0n) is 9.55. The highest BCUT2D eigenvalue weighted by atomic mass is 32.1. The van der Waals surface area contributed by atoms with Gasteiger partial charge in [-0.1, -0.05) is 13.8 Å². The maximum atomic E-state index is 4.42. The molecule has 0 atom stereocenters. The Hall–Kier alpha value is -0.410. The molecule has 1 heterocycles. The van der Waals surface area contributed by atoms with E-state index < -0.39 is 0 Å². The maximum Gasteiger partial charge on any atom is 0.0900 e. The Bertz CT molecular complexity index is 277. The monoisotopic (exact) mass is 212 g/mol. The normalized spacial score (nSPS) is 11.2. The van der Waals surface area contributed by atoms with E-state index in [1.165, 1.54) is 28.4 Å². The maximum absolute atomic E-state index is 4.42. The first-order chi connectivity index (χ1) is 6.67. The molecule has 3 heteroatoms. The van der Waals surface area contributed by atoms with Crippen LogP contribution in [-0.2, 0) is 6.54 Å². The highest BCUT2D eigenvalue weighted by Gasteiger charge is 2.07. The number of aryl methyl sites for hydroxylation is 2. The van der Waals surface area contributed by atoms with Gasteiger partial charge in [-0.2, -0.15) is 0 Å². The van der Waals surface area contributed by atoms with Crippen LogP contribution >= 0.6 is 11.3 Å². The van der Waals surface area contributed by atoms with Gasteiger partial charge in [0.2, 0.25) is 0 Å². The van der Waals surface area contributed by atoms with Crippen molar-refractivity contribution in [1.29, 1.82) is 0 Å². The summed E-state index contributed by atoms with van der Waals surface area (Å²) in [6, 6.07) is 0.650. The summed E-state index contributed by atoms with van der Waals surface area (Å²) in [4.78, 5) is 5.80. The molecule has 0 spiro atoms. The van der Waals surface area contributed by atoms with E-state index in [-0.39, 0.29) is 0 Å². The second-order valence-electron chi connectivity index (χ2n) is 3.64. The predicted molar refractivity (Wildman–Crippen MR) is 62.8 cm³/mol. The van der Waals surface area contributed by atoms with Crippen LogP contribution in [0.2, 0.25) is 0 Å². The van der Waals surface area contributed by atoms with Gasteiger partial charge in [-0.3, -0.25) is 0 Å². The number of hydrogen-bond acceptors (Lipinski definition) is 3. The van der Waals surface area contributed by atoms with Crippen molar-refractivity contribution in [2.24, 2.45) is 0 Å². The van der Waals surface area contributed by atoms with Crippen molar-refractivity contribution >= 4 is 11.3 Å². The van der Waals surface area contributed by atoms with Gasteiger partial charge in [-0.15, -0.1) is 11.3 Å². The zero-order chi connectivity index (χ0) is 10.6. The van der Waals surface area contributed by atoms with Crippen molar-refractivity contribution in [2.75, 3.05) is 0 Å². The SMILES string of the molecule is CCC(CC)NCc1sc(C)nc1C. The molecule has 0 aliphatic heterocycles. The summed E-state index contributed by atoms with van der Waals surface area (Å²) in [7, 11) is 0. The van der Waals surface area contributed by atoms with Crippen LogP contribution in [0, 0.1) is 13.8 Å². The molecule has 0 amide bonds. The number of thiazole rings is 1. The summed E-state index contributed by atoms with van der Waals surface area (Å²) < 4.78 is 0. The molecule has 1 aromatic heterocycles. The molecule has 0 fully saturated rings. The number of rotatable bonds is 5. The molecular weight excluding hydrogens is 192 g/mol. The fraction of sp³-hybridized carbons (Fsp3) is 0.727. The van der Waals surface area contributed by atoms with Gasteiger partial charge in [0.05, 0.1) is 10.7 Å². The largest absolute Gasteiger partial charge is 0.309 e. The van der Waals surface area contributed by atoms with E-state index >= 15 is 0 Å². The first kappa shape index (κ1) is 11.7. The van der Waals surface area contributed by atoms with E-state index in [1.54, 1.807) is 11.3 Å². The average molecular weight is 212 g/mol. The second kappa shape index (κ2) is 5.47. The molecule has 0 unspecified atom stereocenters. The number of nitrogens with one attached hydrogen (secondary N) is 1. The molecule has 80 valence electrons. The smallest absolute Gasteiger partial charge is 0.0900 e. The van der Waals surface area contributed by atoms with E-state index in [1.807, 2.05) is 0 Å². The van der Waals surface area contributed by atoms with Crippen molar-refractivity contribution in [2.45, 2.75) is 53.1 Å². The molecule has 1 aromatic rings. The van der Waals surface area contributed by atoms with Crippen molar-refractivity contribution in [3.8, 4) is 0 Å². The predicted octanol–water partition coefficient (Wildman–Crippen LogP) is 3.04. The van der Waals surface area contributed by atoms with Crippen LogP contribution in [0.25, 0.3) is 0 Å². The molecule has 0 aliphatic rings. The topological polar surface area (TPSA) is 24.9 Å². The highest BCUT2D eigenvalue weighted by Crippen LogP contribution is 2.17. The fourth-order valence-corrected chi connectivity index (χ4v) is 2.44. The molecule has 2 nitrogen and oxygen atoms in total. The number of aromatic nitrogens is 1. The van der Waals surface area contributed by atoms with Crippen LogP contribution in [0.3, 0.4) is 0 Å². The third kappa shape index (κ3) is 3.07. The Morgan fingerprint density at radius 2 is 1.93 bits per heavy atom. The van der Waals surface area contributed by atoms with Crippen LogP contribution in [0.4, 0.5) is 0 Å². The van der Waals surface area contributed by atoms with Crippen molar-refractivity contribution in [1.82, 2.24) is 10.3 Å². The zero-order valence-corrected chi connectivity index (χ0v) is 10.4. The molecule has 0 radical (unpaired) electrons. The molecule has 0 aromatic carbocycles. The first-order valence-electron chi connectivity index (χ1n) is 5.33. The second-order valence-corrected chi connectivity index (χ2v) is 4.92. The lowest BCUT2D eigenvalue weighted by atomic mass is 10.2. The third-order valence-corrected chi connectivity index (χ3v) is 3.61. The Balaban J connectivity index is 2.48. The Morgan fingerprint density at radius 3 is 2.36 bits per heavy atom. The molecule has 1 rings (SSSR count).